The summed E-state index contributed by atoms with van der Waals surface area (Å²) in [6.07, 6.45) is 0. The molecule has 3 aromatic rings. The highest BCUT2D eigenvalue weighted by Gasteiger charge is 2.26. The van der Waals surface area contributed by atoms with E-state index in [0.29, 0.717) is 6.54 Å². The number of nitrogens with zero attached hydrogens (tertiary/aromatic N) is 3. The molecule has 130 valence electrons. The van der Waals surface area contributed by atoms with Crippen LogP contribution in [0.3, 0.4) is 0 Å². The summed E-state index contributed by atoms with van der Waals surface area (Å²) in [7, 11) is 0. The molecule has 1 N–H and O–H groups in total. The summed E-state index contributed by atoms with van der Waals surface area (Å²) >= 11 is 7.91. The Kier molecular flexibility index (Phi) is 4.60. The maximum absolute atomic E-state index is 12.4. The van der Waals surface area contributed by atoms with Gasteiger partial charge in [0.2, 0.25) is 0 Å². The van der Waals surface area contributed by atoms with Crippen molar-refractivity contribution in [1.82, 2.24) is 19.6 Å². The van der Waals surface area contributed by atoms with Crippen LogP contribution in [-0.2, 0) is 6.54 Å². The van der Waals surface area contributed by atoms with E-state index >= 15 is 0 Å². The third-order valence-corrected chi connectivity index (χ3v) is 5.90. The molecule has 1 fully saturated rings. The van der Waals surface area contributed by atoms with Crippen LogP contribution >= 0.6 is 22.9 Å². The summed E-state index contributed by atoms with van der Waals surface area (Å²) < 4.78 is 1.66. The van der Waals surface area contributed by atoms with E-state index < -0.39 is 0 Å². The molecule has 2 aromatic heterocycles. The fourth-order valence-electron chi connectivity index (χ4n) is 3.38. The van der Waals surface area contributed by atoms with Crippen LogP contribution < -0.4 is 10.9 Å². The SMILES string of the molecule is Cc1csc2nc(CN3CCNCC3c3ccccc3Cl)cc(=O)n12. The summed E-state index contributed by atoms with van der Waals surface area (Å²) in [6.45, 7) is 5.21. The predicted octanol–water partition coefficient (Wildman–Crippen LogP) is 2.86. The number of hydrogen-bond donors (Lipinski definition) is 1. The van der Waals surface area contributed by atoms with Crippen LogP contribution in [0.2, 0.25) is 5.02 Å². The van der Waals surface area contributed by atoms with E-state index in [1.54, 1.807) is 10.5 Å². The van der Waals surface area contributed by atoms with Crippen LogP contribution in [0.25, 0.3) is 4.96 Å². The van der Waals surface area contributed by atoms with Gasteiger partial charge in [-0.3, -0.25) is 14.1 Å². The average Bonchev–Trinajstić information content (AvgIpc) is 2.97. The smallest absolute Gasteiger partial charge is 0.259 e. The zero-order valence-corrected chi connectivity index (χ0v) is 15.5. The summed E-state index contributed by atoms with van der Waals surface area (Å²) in [5.74, 6) is 0. The highest BCUT2D eigenvalue weighted by atomic mass is 35.5. The molecule has 0 radical (unpaired) electrons. The van der Waals surface area contributed by atoms with Crippen molar-refractivity contribution < 1.29 is 0 Å². The molecule has 1 aliphatic rings. The first-order valence-corrected chi connectivity index (χ1v) is 9.55. The monoisotopic (exact) mass is 374 g/mol. The zero-order chi connectivity index (χ0) is 17.4. The molecule has 4 rings (SSSR count). The van der Waals surface area contributed by atoms with Crippen molar-refractivity contribution in [3.8, 4) is 0 Å². The Balaban J connectivity index is 1.66. The van der Waals surface area contributed by atoms with Gasteiger partial charge in [-0.05, 0) is 18.6 Å². The van der Waals surface area contributed by atoms with E-state index in [9.17, 15) is 4.79 Å². The molecule has 25 heavy (non-hydrogen) atoms. The predicted molar refractivity (Wildman–Crippen MR) is 102 cm³/mol. The first kappa shape index (κ1) is 16.7. The Bertz CT molecular complexity index is 967. The molecule has 1 saturated heterocycles. The number of halogens is 1. The van der Waals surface area contributed by atoms with Gasteiger partial charge in [-0.1, -0.05) is 29.8 Å². The minimum Gasteiger partial charge on any atom is -0.314 e. The highest BCUT2D eigenvalue weighted by molar-refractivity contribution is 7.15. The van der Waals surface area contributed by atoms with Gasteiger partial charge in [0.1, 0.15) is 0 Å². The van der Waals surface area contributed by atoms with Crippen molar-refractivity contribution in [1.29, 1.82) is 0 Å². The minimum absolute atomic E-state index is 0.0109. The van der Waals surface area contributed by atoms with Gasteiger partial charge in [0.05, 0.1) is 5.69 Å². The van der Waals surface area contributed by atoms with Crippen molar-refractivity contribution in [2.45, 2.75) is 19.5 Å². The number of piperazine rings is 1. The van der Waals surface area contributed by atoms with Crippen LogP contribution in [0.1, 0.15) is 23.0 Å². The van der Waals surface area contributed by atoms with Gasteiger partial charge in [0.15, 0.2) is 4.96 Å². The first-order valence-electron chi connectivity index (χ1n) is 8.29. The molecule has 1 unspecified atom stereocenters. The Hall–Kier alpha value is -1.73. The van der Waals surface area contributed by atoms with Crippen LogP contribution in [0.15, 0.2) is 40.5 Å². The van der Waals surface area contributed by atoms with Gasteiger partial charge in [-0.2, -0.15) is 0 Å². The van der Waals surface area contributed by atoms with E-state index in [4.69, 9.17) is 11.6 Å². The van der Waals surface area contributed by atoms with Gasteiger partial charge < -0.3 is 5.32 Å². The molecule has 0 aliphatic carbocycles. The van der Waals surface area contributed by atoms with Crippen LogP contribution in [-0.4, -0.2) is 33.9 Å². The highest BCUT2D eigenvalue weighted by Crippen LogP contribution is 2.29. The second-order valence-electron chi connectivity index (χ2n) is 6.29. The Labute approximate surface area is 154 Å². The second kappa shape index (κ2) is 6.88. The lowest BCUT2D eigenvalue weighted by atomic mass is 10.0. The number of thiazole rings is 1. The van der Waals surface area contributed by atoms with Crippen LogP contribution in [0, 0.1) is 6.92 Å². The fourth-order valence-corrected chi connectivity index (χ4v) is 4.53. The molecule has 0 bridgehead atoms. The molecule has 0 saturated carbocycles. The molecule has 1 aromatic carbocycles. The molecule has 7 heteroatoms. The lowest BCUT2D eigenvalue weighted by molar-refractivity contribution is 0.152. The van der Waals surface area contributed by atoms with Gasteiger partial charge in [0, 0.05) is 54.4 Å². The number of fused-ring (bicyclic) bond motifs is 1. The first-order chi connectivity index (χ1) is 12.1. The molecular formula is C18H19ClN4OS. The van der Waals surface area contributed by atoms with Gasteiger partial charge in [-0.15, -0.1) is 11.3 Å². The molecular weight excluding hydrogens is 356 g/mol. The summed E-state index contributed by atoms with van der Waals surface area (Å²) in [4.78, 5) is 20.2. The quantitative estimate of drug-likeness (QED) is 0.765. The number of aromatic nitrogens is 2. The molecule has 0 amide bonds. The van der Waals surface area contributed by atoms with Gasteiger partial charge in [-0.25, -0.2) is 4.98 Å². The van der Waals surface area contributed by atoms with E-state index in [0.717, 1.165) is 46.6 Å². The number of aryl methyl sites for hydroxylation is 1. The second-order valence-corrected chi connectivity index (χ2v) is 7.54. The molecule has 0 spiro atoms. The van der Waals surface area contributed by atoms with Crippen molar-refractivity contribution in [3.05, 3.63) is 68.0 Å². The minimum atomic E-state index is -0.0109. The summed E-state index contributed by atoms with van der Waals surface area (Å²) in [6, 6.07) is 9.78. The fraction of sp³-hybridized carbons (Fsp3) is 0.333. The molecule has 5 nitrogen and oxygen atoms in total. The lowest BCUT2D eigenvalue weighted by Gasteiger charge is -2.36. The Morgan fingerprint density at radius 3 is 3.08 bits per heavy atom. The number of hydrogen-bond acceptors (Lipinski definition) is 5. The Morgan fingerprint density at radius 1 is 1.40 bits per heavy atom. The van der Waals surface area contributed by atoms with E-state index in [1.807, 2.05) is 30.5 Å². The third kappa shape index (κ3) is 3.22. The van der Waals surface area contributed by atoms with Gasteiger partial charge >= 0.3 is 0 Å². The topological polar surface area (TPSA) is 49.6 Å². The van der Waals surface area contributed by atoms with Crippen molar-refractivity contribution in [3.63, 3.8) is 0 Å². The van der Waals surface area contributed by atoms with Crippen molar-refractivity contribution in [2.24, 2.45) is 0 Å². The average molecular weight is 375 g/mol. The van der Waals surface area contributed by atoms with Crippen molar-refractivity contribution >= 4 is 27.9 Å². The number of benzene rings is 1. The Morgan fingerprint density at radius 2 is 2.24 bits per heavy atom. The van der Waals surface area contributed by atoms with Crippen LogP contribution in [0.4, 0.5) is 0 Å². The third-order valence-electron chi connectivity index (χ3n) is 4.61. The van der Waals surface area contributed by atoms with Crippen molar-refractivity contribution in [2.75, 3.05) is 19.6 Å². The van der Waals surface area contributed by atoms with E-state index in [-0.39, 0.29) is 11.6 Å². The normalized spacial score (nSPS) is 18.7. The standard InChI is InChI=1S/C18H19ClN4OS/c1-12-11-25-18-21-13(8-17(24)23(12)18)10-22-7-6-20-9-16(22)14-4-2-3-5-15(14)19/h2-5,8,11,16,20H,6-7,9-10H2,1H3. The summed E-state index contributed by atoms with van der Waals surface area (Å²) in [5.41, 5.74) is 2.84. The van der Waals surface area contributed by atoms with E-state index in [2.05, 4.69) is 21.3 Å². The summed E-state index contributed by atoms with van der Waals surface area (Å²) in [5, 5.41) is 6.18. The molecule has 3 heterocycles. The largest absolute Gasteiger partial charge is 0.314 e. The zero-order valence-electron chi connectivity index (χ0n) is 13.9. The number of nitrogens with one attached hydrogen (secondary N) is 1. The van der Waals surface area contributed by atoms with Crippen LogP contribution in [0.5, 0.6) is 0 Å². The lowest BCUT2D eigenvalue weighted by Crippen LogP contribution is -2.45. The van der Waals surface area contributed by atoms with Gasteiger partial charge in [0.25, 0.3) is 5.56 Å². The molecule has 1 atom stereocenters. The maximum atomic E-state index is 12.4. The van der Waals surface area contributed by atoms with E-state index in [1.165, 1.54) is 11.3 Å². The molecule has 1 aliphatic heterocycles. The number of rotatable bonds is 3. The maximum Gasteiger partial charge on any atom is 0.259 e.